The summed E-state index contributed by atoms with van der Waals surface area (Å²) >= 11 is 6.25. The lowest BCUT2D eigenvalue weighted by Crippen LogP contribution is -2.74. The van der Waals surface area contributed by atoms with Crippen LogP contribution in [-0.4, -0.2) is 100 Å². The molecule has 1 aliphatic carbocycles. The minimum absolute atomic E-state index is 0.0251. The largest absolute Gasteiger partial charge is 0.489 e. The maximum absolute atomic E-state index is 13.7. The number of ether oxygens (including phenoxy) is 1. The van der Waals surface area contributed by atoms with Crippen LogP contribution in [0.2, 0.25) is 5.02 Å². The smallest absolute Gasteiger partial charge is 0.407 e. The van der Waals surface area contributed by atoms with Crippen molar-refractivity contribution in [2.75, 3.05) is 39.3 Å². The zero-order valence-corrected chi connectivity index (χ0v) is 27.0. The number of carbonyl (C=O) groups is 3. The Bertz CT molecular complexity index is 1550. The Hall–Kier alpha value is -3.81. The van der Waals surface area contributed by atoms with Crippen molar-refractivity contribution in [1.29, 1.82) is 5.26 Å². The lowest BCUT2D eigenvalue weighted by Gasteiger charge is -2.65. The Morgan fingerprint density at radius 1 is 0.956 bits per heavy atom. The van der Waals surface area contributed by atoms with E-state index in [1.807, 2.05) is 15.9 Å². The molecule has 2 aromatic carbocycles. The van der Waals surface area contributed by atoms with Gasteiger partial charge in [0.1, 0.15) is 17.9 Å². The summed E-state index contributed by atoms with van der Waals surface area (Å²) in [6.07, 6.45) is 0.588. The molecule has 0 spiro atoms. The van der Waals surface area contributed by atoms with Gasteiger partial charge in [0.2, 0.25) is 0 Å². The molecule has 45 heavy (non-hydrogen) atoms. The molecule has 238 valence electrons. The maximum Gasteiger partial charge on any atom is 0.407 e. The molecule has 11 heteroatoms. The summed E-state index contributed by atoms with van der Waals surface area (Å²) in [5.74, 6) is 0.535. The summed E-state index contributed by atoms with van der Waals surface area (Å²) in [5, 5.41) is 18.8. The summed E-state index contributed by atoms with van der Waals surface area (Å²) in [4.78, 5) is 46.2. The summed E-state index contributed by atoms with van der Waals surface area (Å²) in [7, 11) is 0. The van der Waals surface area contributed by atoms with Crippen LogP contribution in [0.5, 0.6) is 5.75 Å². The topological polar surface area (TPSA) is 117 Å². The molecule has 2 saturated heterocycles. The van der Waals surface area contributed by atoms with Gasteiger partial charge in [0.05, 0.1) is 10.6 Å². The van der Waals surface area contributed by atoms with E-state index >= 15 is 0 Å². The predicted octanol–water partition coefficient (Wildman–Crippen LogP) is 4.95. The Morgan fingerprint density at radius 2 is 1.62 bits per heavy atom. The number of halogens is 1. The lowest BCUT2D eigenvalue weighted by molar-refractivity contribution is -0.199. The monoisotopic (exact) mass is 633 g/mol. The molecule has 6 rings (SSSR count). The number of carboxylic acid groups (broad SMARTS) is 1. The average Bonchev–Trinajstić information content (AvgIpc) is 3.33. The third kappa shape index (κ3) is 5.40. The van der Waals surface area contributed by atoms with Gasteiger partial charge in [0.25, 0.3) is 11.8 Å². The summed E-state index contributed by atoms with van der Waals surface area (Å²) in [6.45, 7) is 12.8. The van der Waals surface area contributed by atoms with Gasteiger partial charge in [-0.3, -0.25) is 14.5 Å². The van der Waals surface area contributed by atoms with Gasteiger partial charge in [-0.05, 0) is 48.7 Å². The van der Waals surface area contributed by atoms with Crippen molar-refractivity contribution >= 4 is 29.5 Å². The summed E-state index contributed by atoms with van der Waals surface area (Å²) in [5.41, 5.74) is 1.75. The van der Waals surface area contributed by atoms with Gasteiger partial charge < -0.3 is 24.5 Å². The van der Waals surface area contributed by atoms with Crippen LogP contribution in [0.3, 0.4) is 0 Å². The molecule has 3 fully saturated rings. The van der Waals surface area contributed by atoms with Crippen LogP contribution in [-0.2, 0) is 6.54 Å². The van der Waals surface area contributed by atoms with Gasteiger partial charge in [-0.25, -0.2) is 4.79 Å². The predicted molar refractivity (Wildman–Crippen MR) is 168 cm³/mol. The third-order valence-corrected chi connectivity index (χ3v) is 10.7. The number of benzene rings is 2. The van der Waals surface area contributed by atoms with Crippen LogP contribution in [0.4, 0.5) is 4.79 Å². The molecule has 3 amide bonds. The minimum atomic E-state index is -0.855. The first kappa shape index (κ1) is 31.2. The zero-order valence-electron chi connectivity index (χ0n) is 26.3. The molecule has 0 unspecified atom stereocenters. The molecule has 1 N–H and O–H groups in total. The Labute approximate surface area is 269 Å². The number of nitrogens with zero attached hydrogens (tertiary/aromatic N) is 5. The summed E-state index contributed by atoms with van der Waals surface area (Å²) in [6, 6.07) is 12.8. The number of likely N-dealkylation sites (tertiary alicyclic amines) is 1. The number of hydrogen-bond donors (Lipinski definition) is 1. The van der Waals surface area contributed by atoms with Crippen molar-refractivity contribution in [3.05, 3.63) is 63.7 Å². The van der Waals surface area contributed by atoms with E-state index in [0.717, 1.165) is 31.5 Å². The van der Waals surface area contributed by atoms with Gasteiger partial charge in [-0.15, -0.1) is 0 Å². The lowest BCUT2D eigenvalue weighted by atomic mass is 9.49. The normalized spacial score (nSPS) is 24.5. The highest BCUT2D eigenvalue weighted by atomic mass is 35.5. The van der Waals surface area contributed by atoms with Crippen molar-refractivity contribution in [2.45, 2.75) is 65.3 Å². The maximum atomic E-state index is 13.7. The van der Waals surface area contributed by atoms with Gasteiger partial charge in [0, 0.05) is 85.9 Å². The fourth-order valence-electron chi connectivity index (χ4n) is 8.59. The minimum Gasteiger partial charge on any atom is -0.489 e. The molecule has 3 heterocycles. The highest BCUT2D eigenvalue weighted by Gasteiger charge is 2.67. The standard InChI is InChI=1S/C34H40ClN5O5/c1-33(2)30(34(3,4)31(33)45-25-7-5-22(19-36)27(35)18-25)40-20-23-17-21(6-8-26(23)29(40)42)28(41)38-15-13-37(14-16-38)24-9-11-39(12-10-24)32(43)44/h5-8,17-18,24,30-31H,9-16,20H2,1-4H3,(H,43,44)/t30-,31-. The van der Waals surface area contributed by atoms with Crippen LogP contribution in [0.15, 0.2) is 36.4 Å². The highest BCUT2D eigenvalue weighted by Crippen LogP contribution is 2.59. The SMILES string of the molecule is CC1(C)[C@H](Oc2ccc(C#N)c(Cl)c2)C(C)(C)[C@H]1N1Cc2cc(C(=O)N3CCN(C4CCN(C(=O)O)CC4)CC3)ccc2C1=O. The number of piperazine rings is 1. The van der Waals surface area contributed by atoms with E-state index in [1.165, 1.54) is 4.90 Å². The van der Waals surface area contributed by atoms with E-state index in [1.54, 1.807) is 30.3 Å². The van der Waals surface area contributed by atoms with Crippen LogP contribution in [0, 0.1) is 22.2 Å². The fourth-order valence-corrected chi connectivity index (χ4v) is 8.80. The molecule has 3 aliphatic heterocycles. The molecule has 0 atom stereocenters. The first-order valence-corrected chi connectivity index (χ1v) is 16.0. The number of amides is 3. The number of hydrogen-bond acceptors (Lipinski definition) is 6. The molecular weight excluding hydrogens is 594 g/mol. The average molecular weight is 634 g/mol. The quantitative estimate of drug-likeness (QED) is 0.495. The second-order valence-corrected chi connectivity index (χ2v) is 14.3. The number of rotatable bonds is 5. The van der Waals surface area contributed by atoms with Crippen molar-refractivity contribution < 1.29 is 24.2 Å². The zero-order chi connectivity index (χ0) is 32.3. The second kappa shape index (κ2) is 11.5. The van der Waals surface area contributed by atoms with Gasteiger partial charge >= 0.3 is 6.09 Å². The van der Waals surface area contributed by atoms with Gasteiger partial charge in [-0.2, -0.15) is 5.26 Å². The molecule has 0 aromatic heterocycles. The molecule has 4 aliphatic rings. The van der Waals surface area contributed by atoms with E-state index < -0.39 is 6.09 Å². The van der Waals surface area contributed by atoms with Gasteiger partial charge in [0.15, 0.2) is 0 Å². The first-order chi connectivity index (χ1) is 21.3. The van der Waals surface area contributed by atoms with E-state index in [4.69, 9.17) is 16.3 Å². The van der Waals surface area contributed by atoms with Crippen molar-refractivity contribution in [3.8, 4) is 11.8 Å². The number of nitriles is 1. The third-order valence-electron chi connectivity index (χ3n) is 10.4. The summed E-state index contributed by atoms with van der Waals surface area (Å²) < 4.78 is 6.43. The van der Waals surface area contributed by atoms with Crippen LogP contribution in [0.1, 0.15) is 72.4 Å². The van der Waals surface area contributed by atoms with E-state index in [-0.39, 0.29) is 34.8 Å². The highest BCUT2D eigenvalue weighted by molar-refractivity contribution is 6.31. The van der Waals surface area contributed by atoms with Crippen molar-refractivity contribution in [2.24, 2.45) is 10.8 Å². The van der Waals surface area contributed by atoms with Crippen LogP contribution < -0.4 is 4.74 Å². The molecule has 0 bridgehead atoms. The Morgan fingerprint density at radius 3 is 2.22 bits per heavy atom. The Balaban J connectivity index is 1.09. The second-order valence-electron chi connectivity index (χ2n) is 13.9. The van der Waals surface area contributed by atoms with E-state index in [2.05, 4.69) is 38.7 Å². The van der Waals surface area contributed by atoms with Crippen LogP contribution in [0.25, 0.3) is 0 Å². The number of fused-ring (bicyclic) bond motifs is 1. The Kier molecular flexibility index (Phi) is 7.99. The fraction of sp³-hybridized carbons (Fsp3) is 0.529. The van der Waals surface area contributed by atoms with Crippen molar-refractivity contribution in [3.63, 3.8) is 0 Å². The van der Waals surface area contributed by atoms with E-state index in [9.17, 15) is 24.8 Å². The molecule has 1 saturated carbocycles. The molecule has 10 nitrogen and oxygen atoms in total. The number of carbonyl (C=O) groups excluding carboxylic acids is 2. The van der Waals surface area contributed by atoms with Crippen LogP contribution >= 0.6 is 11.6 Å². The van der Waals surface area contributed by atoms with Crippen molar-refractivity contribution in [1.82, 2.24) is 19.6 Å². The first-order valence-electron chi connectivity index (χ1n) is 15.6. The number of piperidine rings is 1. The van der Waals surface area contributed by atoms with Gasteiger partial charge in [-0.1, -0.05) is 39.3 Å². The molecule has 2 aromatic rings. The van der Waals surface area contributed by atoms with E-state index in [0.29, 0.717) is 66.2 Å². The molecule has 0 radical (unpaired) electrons. The molecular formula is C34H40ClN5O5.